The van der Waals surface area contributed by atoms with Crippen molar-refractivity contribution in [2.75, 3.05) is 5.75 Å². The lowest BCUT2D eigenvalue weighted by Crippen LogP contribution is -2.41. The Bertz CT molecular complexity index is 1120. The first-order valence-corrected chi connectivity index (χ1v) is 14.9. The highest BCUT2D eigenvalue weighted by Gasteiger charge is 2.42. The fourth-order valence-electron chi connectivity index (χ4n) is 7.22. The Morgan fingerprint density at radius 1 is 1.15 bits per heavy atom. The van der Waals surface area contributed by atoms with Crippen LogP contribution >= 0.6 is 23.1 Å². The first-order chi connectivity index (χ1) is 16.1. The summed E-state index contributed by atoms with van der Waals surface area (Å²) in [6, 6.07) is 0.469. The third-order valence-electron chi connectivity index (χ3n) is 8.83. The van der Waals surface area contributed by atoms with Crippen molar-refractivity contribution in [3.8, 4) is 0 Å². The Balaban J connectivity index is 1.23. The van der Waals surface area contributed by atoms with E-state index in [1.807, 2.05) is 4.57 Å². The molecule has 2 bridgehead atoms. The van der Waals surface area contributed by atoms with E-state index in [4.69, 9.17) is 4.98 Å². The van der Waals surface area contributed by atoms with Gasteiger partial charge in [-0.25, -0.2) is 4.98 Å². The Kier molecular flexibility index (Phi) is 6.06. The molecule has 1 N–H and O–H groups in total. The summed E-state index contributed by atoms with van der Waals surface area (Å²) in [7, 11) is 0. The minimum atomic E-state index is 0.0769. The minimum absolute atomic E-state index is 0.0769. The zero-order chi connectivity index (χ0) is 22.5. The molecule has 2 aromatic rings. The number of nitrogens with one attached hydrogen (secondary N) is 1. The fraction of sp³-hybridized carbons (Fsp3) is 0.731. The molecule has 0 spiro atoms. The highest BCUT2D eigenvalue weighted by Crippen LogP contribution is 2.49. The van der Waals surface area contributed by atoms with Gasteiger partial charge in [-0.3, -0.25) is 14.2 Å². The molecule has 4 aliphatic carbocycles. The molecule has 4 aliphatic rings. The summed E-state index contributed by atoms with van der Waals surface area (Å²) in [6.07, 6.45) is 14.2. The lowest BCUT2D eigenvalue weighted by atomic mass is 9.84. The molecule has 0 aliphatic heterocycles. The monoisotopic (exact) mass is 485 g/mol. The van der Waals surface area contributed by atoms with E-state index in [9.17, 15) is 9.59 Å². The van der Waals surface area contributed by atoms with Crippen molar-refractivity contribution < 1.29 is 4.79 Å². The smallest absolute Gasteiger partial charge is 0.263 e. The number of carbonyl (C=O) groups is 1. The summed E-state index contributed by atoms with van der Waals surface area (Å²) in [5.74, 6) is 2.75. The maximum atomic E-state index is 13.8. The van der Waals surface area contributed by atoms with Gasteiger partial charge in [0.1, 0.15) is 4.83 Å². The number of thioether (sulfide) groups is 1. The van der Waals surface area contributed by atoms with Crippen LogP contribution in [0.3, 0.4) is 0 Å². The quantitative estimate of drug-likeness (QED) is 0.434. The SMILES string of the molecule is C[C@H](NC(=O)CSc1nc2sc3c(c2c(=O)n1C1CCCC1)CCCC3)[C@@H]1C[C@@H]2CC[C@@H]1C2. The summed E-state index contributed by atoms with van der Waals surface area (Å²) in [5.41, 5.74) is 1.41. The first kappa shape index (κ1) is 22.1. The van der Waals surface area contributed by atoms with E-state index in [-0.39, 0.29) is 23.6 Å². The molecule has 2 aromatic heterocycles. The van der Waals surface area contributed by atoms with Gasteiger partial charge in [0.2, 0.25) is 5.91 Å². The molecule has 0 saturated heterocycles. The fourth-order valence-corrected chi connectivity index (χ4v) is 9.40. The van der Waals surface area contributed by atoms with E-state index in [2.05, 4.69) is 12.2 Å². The van der Waals surface area contributed by atoms with Gasteiger partial charge in [0.25, 0.3) is 5.56 Å². The molecular weight excluding hydrogens is 450 g/mol. The number of rotatable bonds is 6. The van der Waals surface area contributed by atoms with Gasteiger partial charge in [0, 0.05) is 17.0 Å². The molecule has 5 nitrogen and oxygen atoms in total. The predicted molar refractivity (Wildman–Crippen MR) is 135 cm³/mol. The molecule has 3 fully saturated rings. The lowest BCUT2D eigenvalue weighted by molar-refractivity contribution is -0.119. The standard InChI is InChI=1S/C26H35N3O2S2/c1-15(20-13-16-10-11-17(20)12-16)27-22(30)14-32-26-28-24-23(19-8-4-5-9-21(19)33-24)25(31)29(26)18-6-2-3-7-18/h15-18,20H,2-14H2,1H3,(H,27,30)/t15-,16+,17+,20-/m0/s1. The molecule has 4 atom stereocenters. The summed E-state index contributed by atoms with van der Waals surface area (Å²) in [5, 5.41) is 4.91. The van der Waals surface area contributed by atoms with Crippen molar-refractivity contribution in [3.05, 3.63) is 20.8 Å². The summed E-state index contributed by atoms with van der Waals surface area (Å²) >= 11 is 3.17. The van der Waals surface area contributed by atoms with Gasteiger partial charge in [-0.1, -0.05) is 31.0 Å². The van der Waals surface area contributed by atoms with Crippen molar-refractivity contribution in [2.45, 2.75) is 101 Å². The zero-order valence-corrected chi connectivity index (χ0v) is 21.2. The number of hydrogen-bond donors (Lipinski definition) is 1. The number of fused-ring (bicyclic) bond motifs is 5. The molecule has 0 aromatic carbocycles. The average molecular weight is 486 g/mol. The molecule has 0 unspecified atom stereocenters. The van der Waals surface area contributed by atoms with Crippen molar-refractivity contribution in [2.24, 2.45) is 17.8 Å². The van der Waals surface area contributed by atoms with Crippen LogP contribution in [0.4, 0.5) is 0 Å². The van der Waals surface area contributed by atoms with E-state index in [1.54, 1.807) is 11.3 Å². The number of aromatic nitrogens is 2. The predicted octanol–water partition coefficient (Wildman–Crippen LogP) is 5.48. The van der Waals surface area contributed by atoms with Gasteiger partial charge < -0.3 is 5.32 Å². The number of carbonyl (C=O) groups excluding carboxylic acids is 1. The molecule has 178 valence electrons. The molecule has 7 heteroatoms. The van der Waals surface area contributed by atoms with Crippen LogP contribution in [0.1, 0.15) is 87.6 Å². The summed E-state index contributed by atoms with van der Waals surface area (Å²) < 4.78 is 1.97. The highest BCUT2D eigenvalue weighted by molar-refractivity contribution is 7.99. The van der Waals surface area contributed by atoms with Crippen molar-refractivity contribution >= 4 is 39.2 Å². The third-order valence-corrected chi connectivity index (χ3v) is 11.0. The van der Waals surface area contributed by atoms with Crippen LogP contribution in [0.25, 0.3) is 10.2 Å². The molecule has 0 radical (unpaired) electrons. The number of nitrogens with zero attached hydrogens (tertiary/aromatic N) is 2. The Morgan fingerprint density at radius 3 is 2.73 bits per heavy atom. The third kappa shape index (κ3) is 4.07. The van der Waals surface area contributed by atoms with E-state index in [0.29, 0.717) is 11.7 Å². The number of amides is 1. The van der Waals surface area contributed by atoms with Crippen LogP contribution in [0.2, 0.25) is 0 Å². The van der Waals surface area contributed by atoms with Gasteiger partial charge >= 0.3 is 0 Å². The Labute approximate surface area is 204 Å². The molecule has 33 heavy (non-hydrogen) atoms. The molecule has 6 rings (SSSR count). The first-order valence-electron chi connectivity index (χ1n) is 13.1. The second-order valence-electron chi connectivity index (χ2n) is 10.9. The molecule has 3 saturated carbocycles. The van der Waals surface area contributed by atoms with Gasteiger partial charge in [0.05, 0.1) is 11.1 Å². The second-order valence-corrected chi connectivity index (χ2v) is 12.9. The van der Waals surface area contributed by atoms with Crippen LogP contribution in [0, 0.1) is 17.8 Å². The van der Waals surface area contributed by atoms with Gasteiger partial charge in [0.15, 0.2) is 5.16 Å². The summed E-state index contributed by atoms with van der Waals surface area (Å²) in [4.78, 5) is 33.9. The topological polar surface area (TPSA) is 64.0 Å². The summed E-state index contributed by atoms with van der Waals surface area (Å²) in [6.45, 7) is 2.18. The van der Waals surface area contributed by atoms with Crippen molar-refractivity contribution in [1.82, 2.24) is 14.9 Å². The van der Waals surface area contributed by atoms with E-state index >= 15 is 0 Å². The van der Waals surface area contributed by atoms with Crippen molar-refractivity contribution in [3.63, 3.8) is 0 Å². The van der Waals surface area contributed by atoms with Crippen LogP contribution in [0.5, 0.6) is 0 Å². The van der Waals surface area contributed by atoms with Gasteiger partial charge in [-0.05, 0) is 88.0 Å². The molecule has 1 amide bonds. The van der Waals surface area contributed by atoms with Crippen LogP contribution in [-0.2, 0) is 17.6 Å². The largest absolute Gasteiger partial charge is 0.353 e. The lowest BCUT2D eigenvalue weighted by Gasteiger charge is -2.28. The van der Waals surface area contributed by atoms with Crippen molar-refractivity contribution in [1.29, 1.82) is 0 Å². The highest BCUT2D eigenvalue weighted by atomic mass is 32.2. The number of hydrogen-bond acceptors (Lipinski definition) is 5. The Hall–Kier alpha value is -1.34. The maximum absolute atomic E-state index is 13.8. The zero-order valence-electron chi connectivity index (χ0n) is 19.6. The van der Waals surface area contributed by atoms with E-state index in [1.165, 1.54) is 73.6 Å². The molecule has 2 heterocycles. The van der Waals surface area contributed by atoms with Crippen LogP contribution in [0.15, 0.2) is 9.95 Å². The van der Waals surface area contributed by atoms with Crippen LogP contribution in [-0.4, -0.2) is 27.3 Å². The minimum Gasteiger partial charge on any atom is -0.353 e. The molecular formula is C26H35N3O2S2. The van der Waals surface area contributed by atoms with Gasteiger partial charge in [-0.2, -0.15) is 0 Å². The number of thiophene rings is 1. The Morgan fingerprint density at radius 2 is 1.97 bits per heavy atom. The van der Waals surface area contributed by atoms with E-state index in [0.717, 1.165) is 52.9 Å². The van der Waals surface area contributed by atoms with E-state index < -0.39 is 0 Å². The normalized spacial score (nSPS) is 27.8. The maximum Gasteiger partial charge on any atom is 0.263 e. The number of aryl methyl sites for hydroxylation is 2. The van der Waals surface area contributed by atoms with Gasteiger partial charge in [-0.15, -0.1) is 11.3 Å². The average Bonchev–Trinajstić information content (AvgIpc) is 3.61. The second kappa shape index (κ2) is 9.03. The van der Waals surface area contributed by atoms with Crippen LogP contribution < -0.4 is 10.9 Å².